The van der Waals surface area contributed by atoms with Crippen molar-refractivity contribution in [2.75, 3.05) is 7.11 Å². The maximum atomic E-state index is 12.6. The fraction of sp³-hybridized carbons (Fsp3) is 0.152. The van der Waals surface area contributed by atoms with Crippen molar-refractivity contribution in [1.29, 1.82) is 0 Å². The van der Waals surface area contributed by atoms with Gasteiger partial charge < -0.3 is 23.2 Å². The molecule has 0 spiro atoms. The van der Waals surface area contributed by atoms with Crippen molar-refractivity contribution in [2.24, 2.45) is 5.10 Å². The number of aryl methyl sites for hydroxylation is 2. The maximum Gasteiger partial charge on any atom is 0.307 e. The number of methoxy groups -OCH3 is 1. The number of amides is 1. The van der Waals surface area contributed by atoms with Gasteiger partial charge in [0.15, 0.2) is 17.3 Å². The van der Waals surface area contributed by atoms with E-state index in [0.29, 0.717) is 39.7 Å². The second kappa shape index (κ2) is 14.3. The fourth-order valence-electron chi connectivity index (χ4n) is 4.46. The monoisotopic (exact) mass is 783 g/mol. The molecule has 2 heterocycles. The number of carbonyl (C=O) groups is 1. The summed E-state index contributed by atoms with van der Waals surface area (Å²) in [5, 5.41) is 4.08. The van der Waals surface area contributed by atoms with Crippen LogP contribution in [0.25, 0.3) is 5.69 Å². The first-order valence-corrected chi connectivity index (χ1v) is 15.8. The molecule has 8 nitrogen and oxygen atoms in total. The molecule has 0 bridgehead atoms. The summed E-state index contributed by atoms with van der Waals surface area (Å²) in [6.45, 7) is 4.66. The molecular weight excluding hydrogens is 758 g/mol. The van der Waals surface area contributed by atoms with Gasteiger partial charge in [0.25, 0.3) is 0 Å². The smallest absolute Gasteiger partial charge is 0.307 e. The van der Waals surface area contributed by atoms with Crippen molar-refractivity contribution < 1.29 is 23.4 Å². The Morgan fingerprint density at radius 3 is 2.34 bits per heavy atom. The number of aromatic nitrogens is 1. The first-order valence-electron chi connectivity index (χ1n) is 13.5. The third-order valence-electron chi connectivity index (χ3n) is 6.65. The summed E-state index contributed by atoms with van der Waals surface area (Å²) in [5.74, 6) is 1.91. The Labute approximate surface area is 280 Å². The van der Waals surface area contributed by atoms with E-state index in [2.05, 4.69) is 88.9 Å². The summed E-state index contributed by atoms with van der Waals surface area (Å²) in [6, 6.07) is 24.8. The summed E-state index contributed by atoms with van der Waals surface area (Å²) in [4.78, 5) is 12.6. The molecule has 5 aromatic rings. The lowest BCUT2D eigenvalue weighted by atomic mass is 10.2. The van der Waals surface area contributed by atoms with Crippen LogP contribution in [0.4, 0.5) is 0 Å². The zero-order valence-electron chi connectivity index (χ0n) is 24.1. The molecule has 0 atom stereocenters. The van der Waals surface area contributed by atoms with Gasteiger partial charge in [0.2, 0.25) is 0 Å². The summed E-state index contributed by atoms with van der Waals surface area (Å²) >= 11 is 10.6. The molecule has 0 fully saturated rings. The summed E-state index contributed by atoms with van der Waals surface area (Å²) < 4.78 is 27.9. The number of hydrogen-bond donors (Lipinski definition) is 1. The third kappa shape index (κ3) is 7.64. The quantitative estimate of drug-likeness (QED) is 0.107. The highest BCUT2D eigenvalue weighted by Crippen LogP contribution is 2.37. The van der Waals surface area contributed by atoms with E-state index in [9.17, 15) is 4.79 Å². The molecule has 0 aliphatic carbocycles. The molecule has 0 saturated heterocycles. The number of benzene rings is 3. The minimum absolute atomic E-state index is 0.122. The van der Waals surface area contributed by atoms with Gasteiger partial charge in [-0.05, 0) is 108 Å². The maximum absolute atomic E-state index is 12.6. The minimum Gasteiger partial charge on any atom is -0.493 e. The van der Waals surface area contributed by atoms with Gasteiger partial charge in [-0.1, -0.05) is 37.9 Å². The third-order valence-corrected chi connectivity index (χ3v) is 8.47. The lowest BCUT2D eigenvalue weighted by Gasteiger charge is -2.14. The Bertz CT molecular complexity index is 1790. The van der Waals surface area contributed by atoms with Crippen molar-refractivity contribution in [3.05, 3.63) is 126 Å². The van der Waals surface area contributed by atoms with E-state index in [1.165, 1.54) is 17.6 Å². The van der Waals surface area contributed by atoms with Gasteiger partial charge in [-0.3, -0.25) is 4.79 Å². The Kier molecular flexibility index (Phi) is 10.3. The second-order valence-corrected chi connectivity index (χ2v) is 12.4. The molecule has 5 rings (SSSR count). The molecule has 226 valence electrons. The molecule has 1 N–H and O–H groups in total. The predicted molar refractivity (Wildman–Crippen MR) is 180 cm³/mol. The standard InChI is InChI=1S/C33H28Br3N3O5/c1-20-4-5-21(2)39(20)25-8-10-26(11-9-25)42-19-27-12-13-30(44-27)33(40)38-37-17-22-14-29(36)32(31(15-22)41-3)43-18-23-6-7-24(34)16-28(23)35/h4-17H,18-19H2,1-3H3,(H,38,40)/b37-17+. The van der Waals surface area contributed by atoms with Gasteiger partial charge >= 0.3 is 5.91 Å². The molecule has 1 amide bonds. The van der Waals surface area contributed by atoms with Crippen LogP contribution in [-0.2, 0) is 13.2 Å². The summed E-state index contributed by atoms with van der Waals surface area (Å²) in [5.41, 5.74) is 7.56. The number of hydrazone groups is 1. The van der Waals surface area contributed by atoms with Gasteiger partial charge in [0, 0.05) is 31.6 Å². The molecule has 0 aliphatic heterocycles. The highest BCUT2D eigenvalue weighted by Gasteiger charge is 2.14. The number of nitrogens with one attached hydrogen (secondary N) is 1. The molecule has 0 saturated carbocycles. The molecule has 2 aromatic heterocycles. The number of carbonyl (C=O) groups excluding carboxylic acids is 1. The van der Waals surface area contributed by atoms with Gasteiger partial charge in [0.05, 0.1) is 17.8 Å². The first-order chi connectivity index (χ1) is 21.2. The van der Waals surface area contributed by atoms with Crippen molar-refractivity contribution >= 4 is 59.9 Å². The number of furan rings is 1. The van der Waals surface area contributed by atoms with E-state index < -0.39 is 5.91 Å². The zero-order valence-corrected chi connectivity index (χ0v) is 28.8. The van der Waals surface area contributed by atoms with Gasteiger partial charge in [-0.2, -0.15) is 5.10 Å². The van der Waals surface area contributed by atoms with Crippen LogP contribution in [0.15, 0.2) is 102 Å². The molecule has 0 unspecified atom stereocenters. The summed E-state index contributed by atoms with van der Waals surface area (Å²) in [7, 11) is 1.56. The lowest BCUT2D eigenvalue weighted by Crippen LogP contribution is -2.16. The predicted octanol–water partition coefficient (Wildman–Crippen LogP) is 8.91. The van der Waals surface area contributed by atoms with Gasteiger partial charge in [0.1, 0.15) is 24.7 Å². The van der Waals surface area contributed by atoms with Crippen LogP contribution in [0.5, 0.6) is 17.2 Å². The van der Waals surface area contributed by atoms with Crippen LogP contribution in [0.2, 0.25) is 0 Å². The largest absolute Gasteiger partial charge is 0.493 e. The van der Waals surface area contributed by atoms with Crippen LogP contribution in [0, 0.1) is 13.8 Å². The fourth-order valence-corrected chi connectivity index (χ4v) is 6.20. The number of rotatable bonds is 11. The first kappa shape index (κ1) is 31.6. The minimum atomic E-state index is -0.486. The number of halogens is 3. The average molecular weight is 786 g/mol. The van der Waals surface area contributed by atoms with E-state index in [1.54, 1.807) is 25.3 Å². The Morgan fingerprint density at radius 1 is 0.886 bits per heavy atom. The molecular formula is C33H28Br3N3O5. The van der Waals surface area contributed by atoms with Crippen LogP contribution in [0.3, 0.4) is 0 Å². The van der Waals surface area contributed by atoms with Gasteiger partial charge in [-0.25, -0.2) is 5.43 Å². The van der Waals surface area contributed by atoms with E-state index >= 15 is 0 Å². The lowest BCUT2D eigenvalue weighted by molar-refractivity contribution is 0.0923. The van der Waals surface area contributed by atoms with E-state index in [-0.39, 0.29) is 12.4 Å². The van der Waals surface area contributed by atoms with E-state index in [1.807, 2.05) is 48.5 Å². The Hall–Kier alpha value is -3.80. The van der Waals surface area contributed by atoms with E-state index in [4.69, 9.17) is 18.6 Å². The van der Waals surface area contributed by atoms with E-state index in [0.717, 1.165) is 20.2 Å². The Morgan fingerprint density at radius 2 is 1.64 bits per heavy atom. The Balaban J connectivity index is 1.15. The van der Waals surface area contributed by atoms with Gasteiger partial charge in [-0.15, -0.1) is 0 Å². The normalized spacial score (nSPS) is 11.1. The topological polar surface area (TPSA) is 87.2 Å². The average Bonchev–Trinajstić information content (AvgIpc) is 3.62. The number of hydrogen-bond acceptors (Lipinski definition) is 6. The SMILES string of the molecule is COc1cc(/C=N/NC(=O)c2ccc(COc3ccc(-n4c(C)ccc4C)cc3)o2)cc(Br)c1OCc1ccc(Br)cc1Br. The van der Waals surface area contributed by atoms with Crippen LogP contribution in [-0.4, -0.2) is 23.8 Å². The van der Waals surface area contributed by atoms with Crippen molar-refractivity contribution in [1.82, 2.24) is 9.99 Å². The van der Waals surface area contributed by atoms with Crippen molar-refractivity contribution in [3.8, 4) is 22.9 Å². The van der Waals surface area contributed by atoms with Crippen LogP contribution < -0.4 is 19.6 Å². The highest BCUT2D eigenvalue weighted by atomic mass is 79.9. The van der Waals surface area contributed by atoms with Crippen molar-refractivity contribution in [2.45, 2.75) is 27.1 Å². The molecule has 0 aliphatic rings. The highest BCUT2D eigenvalue weighted by molar-refractivity contribution is 9.11. The van der Waals surface area contributed by atoms with Crippen LogP contribution >= 0.6 is 47.8 Å². The molecule has 0 radical (unpaired) electrons. The number of ether oxygens (including phenoxy) is 3. The zero-order chi connectivity index (χ0) is 31.2. The molecule has 3 aromatic carbocycles. The molecule has 44 heavy (non-hydrogen) atoms. The van der Waals surface area contributed by atoms with Crippen LogP contribution in [0.1, 0.15) is 38.8 Å². The number of nitrogens with zero attached hydrogens (tertiary/aromatic N) is 2. The second-order valence-electron chi connectivity index (χ2n) is 9.76. The molecule has 11 heteroatoms. The van der Waals surface area contributed by atoms with Crippen molar-refractivity contribution in [3.63, 3.8) is 0 Å². The summed E-state index contributed by atoms with van der Waals surface area (Å²) in [6.07, 6.45) is 1.51.